The molecule has 0 aliphatic rings. The monoisotopic (exact) mass is 226 g/mol. The Labute approximate surface area is 97.4 Å². The summed E-state index contributed by atoms with van der Waals surface area (Å²) in [6.07, 6.45) is 0. The van der Waals surface area contributed by atoms with Crippen LogP contribution in [0.4, 0.5) is 0 Å². The Kier molecular flexibility index (Phi) is 4.99. The second kappa shape index (κ2) is 6.03. The second-order valence-corrected chi connectivity index (χ2v) is 4.17. The SMILES string of the molecule is COCC(C)N(C)C(CN)c1ccc(C)o1. The molecule has 4 heteroatoms. The molecule has 2 unspecified atom stereocenters. The molecule has 1 heterocycles. The van der Waals surface area contributed by atoms with Gasteiger partial charge < -0.3 is 14.9 Å². The normalized spacial score (nSPS) is 15.4. The van der Waals surface area contributed by atoms with Crippen molar-refractivity contribution in [2.45, 2.75) is 25.9 Å². The van der Waals surface area contributed by atoms with E-state index >= 15 is 0 Å². The van der Waals surface area contributed by atoms with E-state index in [1.807, 2.05) is 26.1 Å². The summed E-state index contributed by atoms with van der Waals surface area (Å²) in [4.78, 5) is 2.18. The van der Waals surface area contributed by atoms with Crippen LogP contribution in [0.3, 0.4) is 0 Å². The third-order valence-electron chi connectivity index (χ3n) is 2.91. The molecule has 0 spiro atoms. The lowest BCUT2D eigenvalue weighted by molar-refractivity contribution is 0.0839. The van der Waals surface area contributed by atoms with Gasteiger partial charge in [-0.3, -0.25) is 4.90 Å². The molecule has 0 fully saturated rings. The first-order valence-electron chi connectivity index (χ1n) is 5.57. The summed E-state index contributed by atoms with van der Waals surface area (Å²) in [5, 5.41) is 0. The number of methoxy groups -OCH3 is 1. The molecule has 1 aromatic rings. The van der Waals surface area contributed by atoms with Gasteiger partial charge in [-0.2, -0.15) is 0 Å². The van der Waals surface area contributed by atoms with Crippen molar-refractivity contribution in [3.05, 3.63) is 23.7 Å². The van der Waals surface area contributed by atoms with E-state index in [9.17, 15) is 0 Å². The van der Waals surface area contributed by atoms with Crippen LogP contribution in [0, 0.1) is 6.92 Å². The van der Waals surface area contributed by atoms with E-state index in [-0.39, 0.29) is 6.04 Å². The highest BCUT2D eigenvalue weighted by Crippen LogP contribution is 2.22. The predicted octanol–water partition coefficient (Wildman–Crippen LogP) is 1.55. The molecular formula is C12H22N2O2. The average molecular weight is 226 g/mol. The minimum Gasteiger partial charge on any atom is -0.465 e. The van der Waals surface area contributed by atoms with Gasteiger partial charge in [-0.05, 0) is 33.0 Å². The topological polar surface area (TPSA) is 51.6 Å². The quantitative estimate of drug-likeness (QED) is 0.799. The minimum absolute atomic E-state index is 0.110. The summed E-state index contributed by atoms with van der Waals surface area (Å²) in [5.74, 6) is 1.84. The highest BCUT2D eigenvalue weighted by molar-refractivity contribution is 5.10. The zero-order chi connectivity index (χ0) is 12.1. The van der Waals surface area contributed by atoms with Gasteiger partial charge in [0, 0.05) is 19.7 Å². The van der Waals surface area contributed by atoms with E-state index in [0.29, 0.717) is 19.2 Å². The Bertz CT molecular complexity index is 312. The van der Waals surface area contributed by atoms with Gasteiger partial charge in [0.05, 0.1) is 12.6 Å². The highest BCUT2D eigenvalue weighted by Gasteiger charge is 2.22. The molecule has 0 bridgehead atoms. The fourth-order valence-corrected chi connectivity index (χ4v) is 1.78. The summed E-state index contributed by atoms with van der Waals surface area (Å²) >= 11 is 0. The number of nitrogens with zero attached hydrogens (tertiary/aromatic N) is 1. The smallest absolute Gasteiger partial charge is 0.122 e. The van der Waals surface area contributed by atoms with Crippen LogP contribution < -0.4 is 5.73 Å². The number of hydrogen-bond acceptors (Lipinski definition) is 4. The van der Waals surface area contributed by atoms with E-state index in [1.165, 1.54) is 0 Å². The van der Waals surface area contributed by atoms with Crippen molar-refractivity contribution in [3.63, 3.8) is 0 Å². The van der Waals surface area contributed by atoms with Gasteiger partial charge in [0.15, 0.2) is 0 Å². The Morgan fingerprint density at radius 1 is 1.50 bits per heavy atom. The first-order valence-corrected chi connectivity index (χ1v) is 5.57. The van der Waals surface area contributed by atoms with Gasteiger partial charge in [-0.25, -0.2) is 0 Å². The van der Waals surface area contributed by atoms with Crippen molar-refractivity contribution in [2.75, 3.05) is 27.3 Å². The predicted molar refractivity (Wildman–Crippen MR) is 64.3 cm³/mol. The number of likely N-dealkylation sites (N-methyl/N-ethyl adjacent to an activating group) is 1. The lowest BCUT2D eigenvalue weighted by Crippen LogP contribution is -2.39. The molecule has 4 nitrogen and oxygen atoms in total. The third-order valence-corrected chi connectivity index (χ3v) is 2.91. The molecule has 1 aromatic heterocycles. The van der Waals surface area contributed by atoms with Crippen LogP contribution in [0.25, 0.3) is 0 Å². The van der Waals surface area contributed by atoms with Crippen molar-refractivity contribution in [3.8, 4) is 0 Å². The van der Waals surface area contributed by atoms with Crippen molar-refractivity contribution in [2.24, 2.45) is 5.73 Å². The first kappa shape index (κ1) is 13.2. The van der Waals surface area contributed by atoms with Gasteiger partial charge in [-0.15, -0.1) is 0 Å². The zero-order valence-corrected chi connectivity index (χ0v) is 10.6. The van der Waals surface area contributed by atoms with E-state index < -0.39 is 0 Å². The molecule has 1 rings (SSSR count). The lowest BCUT2D eigenvalue weighted by atomic mass is 10.1. The van der Waals surface area contributed by atoms with Crippen LogP contribution in [0.15, 0.2) is 16.5 Å². The van der Waals surface area contributed by atoms with Crippen LogP contribution >= 0.6 is 0 Å². The van der Waals surface area contributed by atoms with Crippen LogP contribution in [-0.4, -0.2) is 38.3 Å². The van der Waals surface area contributed by atoms with Crippen molar-refractivity contribution >= 4 is 0 Å². The highest BCUT2D eigenvalue weighted by atomic mass is 16.5. The van der Waals surface area contributed by atoms with Crippen LogP contribution in [-0.2, 0) is 4.74 Å². The fraction of sp³-hybridized carbons (Fsp3) is 0.667. The molecule has 0 amide bonds. The van der Waals surface area contributed by atoms with Gasteiger partial charge in [-0.1, -0.05) is 0 Å². The number of rotatable bonds is 6. The Hall–Kier alpha value is -0.840. The zero-order valence-electron chi connectivity index (χ0n) is 10.6. The molecule has 2 atom stereocenters. The number of ether oxygens (including phenoxy) is 1. The maximum absolute atomic E-state index is 5.81. The third kappa shape index (κ3) is 3.07. The van der Waals surface area contributed by atoms with Crippen molar-refractivity contribution in [1.29, 1.82) is 0 Å². The molecule has 0 aromatic carbocycles. The largest absolute Gasteiger partial charge is 0.465 e. The molecule has 0 aliphatic carbocycles. The van der Waals surface area contributed by atoms with Gasteiger partial charge in [0.2, 0.25) is 0 Å². The van der Waals surface area contributed by atoms with Crippen molar-refractivity contribution < 1.29 is 9.15 Å². The maximum Gasteiger partial charge on any atom is 0.122 e. The standard InChI is InChI=1S/C12H22N2O2/c1-9(8-15-4)14(3)11(7-13)12-6-5-10(2)16-12/h5-6,9,11H,7-8,13H2,1-4H3. The molecule has 0 aliphatic heterocycles. The summed E-state index contributed by atoms with van der Waals surface area (Å²) in [6.45, 7) is 5.28. The Morgan fingerprint density at radius 2 is 2.19 bits per heavy atom. The summed E-state index contributed by atoms with van der Waals surface area (Å²) in [7, 11) is 3.75. The van der Waals surface area contributed by atoms with Crippen LogP contribution in [0.1, 0.15) is 24.5 Å². The summed E-state index contributed by atoms with van der Waals surface area (Å²) in [5.41, 5.74) is 5.81. The Balaban J connectivity index is 2.73. The van der Waals surface area contributed by atoms with Gasteiger partial charge in [0.25, 0.3) is 0 Å². The van der Waals surface area contributed by atoms with Gasteiger partial charge in [0.1, 0.15) is 11.5 Å². The number of aryl methyl sites for hydroxylation is 1. The molecule has 0 saturated carbocycles. The summed E-state index contributed by atoms with van der Waals surface area (Å²) in [6, 6.07) is 4.37. The Morgan fingerprint density at radius 3 is 2.62 bits per heavy atom. The number of hydrogen-bond donors (Lipinski definition) is 1. The maximum atomic E-state index is 5.81. The fourth-order valence-electron chi connectivity index (χ4n) is 1.78. The minimum atomic E-state index is 0.110. The molecule has 0 radical (unpaired) electrons. The molecule has 0 saturated heterocycles. The van der Waals surface area contributed by atoms with E-state index in [4.69, 9.17) is 14.9 Å². The van der Waals surface area contributed by atoms with Crippen LogP contribution in [0.2, 0.25) is 0 Å². The second-order valence-electron chi connectivity index (χ2n) is 4.17. The number of furan rings is 1. The van der Waals surface area contributed by atoms with E-state index in [0.717, 1.165) is 11.5 Å². The van der Waals surface area contributed by atoms with Crippen molar-refractivity contribution in [1.82, 2.24) is 4.90 Å². The van der Waals surface area contributed by atoms with E-state index in [1.54, 1.807) is 7.11 Å². The lowest BCUT2D eigenvalue weighted by Gasteiger charge is -2.30. The van der Waals surface area contributed by atoms with Gasteiger partial charge >= 0.3 is 0 Å². The average Bonchev–Trinajstić information content (AvgIpc) is 2.66. The molecule has 2 N–H and O–H groups in total. The summed E-state index contributed by atoms with van der Waals surface area (Å²) < 4.78 is 10.8. The molecular weight excluding hydrogens is 204 g/mol. The molecule has 92 valence electrons. The first-order chi connectivity index (χ1) is 7.60. The van der Waals surface area contributed by atoms with Crippen LogP contribution in [0.5, 0.6) is 0 Å². The van der Waals surface area contributed by atoms with E-state index in [2.05, 4.69) is 11.8 Å². The number of nitrogens with two attached hydrogens (primary N) is 1. The molecule has 16 heavy (non-hydrogen) atoms.